The van der Waals surface area contributed by atoms with Gasteiger partial charge < -0.3 is 15.1 Å². The van der Waals surface area contributed by atoms with Gasteiger partial charge in [0.15, 0.2) is 0 Å². The van der Waals surface area contributed by atoms with E-state index in [0.29, 0.717) is 48.6 Å². The first kappa shape index (κ1) is 25.9. The number of hydrogen-bond donors (Lipinski definition) is 1. The average molecular weight is 534 g/mol. The lowest BCUT2D eigenvalue weighted by molar-refractivity contribution is -0.130. The number of anilines is 1. The highest BCUT2D eigenvalue weighted by molar-refractivity contribution is 6.31. The van der Waals surface area contributed by atoms with Crippen LogP contribution in [0.25, 0.3) is 0 Å². The number of nitrogens with zero attached hydrogens (tertiary/aromatic N) is 2. The first-order valence-electron chi connectivity index (χ1n) is 12.7. The number of benzene rings is 3. The summed E-state index contributed by atoms with van der Waals surface area (Å²) in [6.45, 7) is 5.01. The van der Waals surface area contributed by atoms with Crippen molar-refractivity contribution in [3.8, 4) is 0 Å². The molecule has 38 heavy (non-hydrogen) atoms. The van der Waals surface area contributed by atoms with E-state index in [2.05, 4.69) is 5.32 Å². The van der Waals surface area contributed by atoms with E-state index in [1.807, 2.05) is 42.2 Å². The van der Waals surface area contributed by atoms with Gasteiger partial charge in [-0.05, 0) is 79.4 Å². The van der Waals surface area contributed by atoms with Crippen LogP contribution >= 0.6 is 11.6 Å². The van der Waals surface area contributed by atoms with Gasteiger partial charge in [-0.3, -0.25) is 14.4 Å². The van der Waals surface area contributed by atoms with Gasteiger partial charge in [0, 0.05) is 59.9 Å². The molecule has 3 aromatic carbocycles. The Bertz CT molecular complexity index is 1400. The van der Waals surface area contributed by atoms with Gasteiger partial charge >= 0.3 is 0 Å². The maximum absolute atomic E-state index is 13.7. The zero-order chi connectivity index (χ0) is 27.0. The van der Waals surface area contributed by atoms with Crippen molar-refractivity contribution >= 4 is 35.0 Å². The Labute approximate surface area is 226 Å². The largest absolute Gasteiger partial charge is 0.348 e. The van der Waals surface area contributed by atoms with Crippen molar-refractivity contribution in [1.82, 2.24) is 10.2 Å². The van der Waals surface area contributed by atoms with Crippen molar-refractivity contribution in [1.29, 1.82) is 0 Å². The molecule has 2 aliphatic rings. The Kier molecular flexibility index (Phi) is 6.97. The number of fused-ring (bicyclic) bond motifs is 2. The number of hydrogen-bond acceptors (Lipinski definition) is 3. The minimum absolute atomic E-state index is 0.0256. The van der Waals surface area contributed by atoms with E-state index < -0.39 is 11.2 Å². The third kappa shape index (κ3) is 4.56. The molecule has 6 nitrogen and oxygen atoms in total. The predicted molar refractivity (Wildman–Crippen MR) is 145 cm³/mol. The molecule has 2 aliphatic heterocycles. The van der Waals surface area contributed by atoms with Crippen molar-refractivity contribution in [2.75, 3.05) is 18.0 Å². The maximum Gasteiger partial charge on any atom is 0.258 e. The molecule has 1 fully saturated rings. The number of carbonyl (C=O) groups excluding carboxylic acids is 3. The summed E-state index contributed by atoms with van der Waals surface area (Å²) < 4.78 is 13.5. The van der Waals surface area contributed by atoms with E-state index in [9.17, 15) is 18.8 Å². The summed E-state index contributed by atoms with van der Waals surface area (Å²) in [5.74, 6) is -0.838. The van der Waals surface area contributed by atoms with Gasteiger partial charge in [0.2, 0.25) is 5.91 Å². The second kappa shape index (κ2) is 10.2. The van der Waals surface area contributed by atoms with Crippen LogP contribution in [-0.2, 0) is 16.8 Å². The van der Waals surface area contributed by atoms with Gasteiger partial charge in [0.25, 0.3) is 11.8 Å². The minimum atomic E-state index is -0.421. The van der Waals surface area contributed by atoms with Gasteiger partial charge in [0.05, 0.1) is 0 Å². The second-order valence-electron chi connectivity index (χ2n) is 10.0. The van der Waals surface area contributed by atoms with Crippen LogP contribution in [0.4, 0.5) is 10.1 Å². The molecule has 196 valence electrons. The quantitative estimate of drug-likeness (QED) is 0.492. The molecule has 1 atom stereocenters. The van der Waals surface area contributed by atoms with Crippen molar-refractivity contribution < 1.29 is 18.8 Å². The summed E-state index contributed by atoms with van der Waals surface area (Å²) in [5, 5.41) is 3.53. The molecule has 1 unspecified atom stereocenters. The van der Waals surface area contributed by atoms with E-state index in [1.54, 1.807) is 24.0 Å². The highest BCUT2D eigenvalue weighted by atomic mass is 35.5. The molecule has 1 spiro atoms. The molecule has 1 saturated heterocycles. The zero-order valence-corrected chi connectivity index (χ0v) is 22.1. The van der Waals surface area contributed by atoms with Crippen LogP contribution in [0.2, 0.25) is 5.02 Å². The minimum Gasteiger partial charge on any atom is -0.348 e. The Balaban J connectivity index is 1.49. The molecule has 2 heterocycles. The molecule has 0 radical (unpaired) electrons. The molecule has 5 rings (SSSR count). The van der Waals surface area contributed by atoms with E-state index >= 15 is 0 Å². The lowest BCUT2D eigenvalue weighted by Gasteiger charge is -2.43. The summed E-state index contributed by atoms with van der Waals surface area (Å²) in [7, 11) is 0. The van der Waals surface area contributed by atoms with Crippen LogP contribution in [0.5, 0.6) is 0 Å². The van der Waals surface area contributed by atoms with Crippen molar-refractivity contribution in [2.45, 2.75) is 44.7 Å². The Morgan fingerprint density at radius 3 is 2.32 bits per heavy atom. The molecule has 3 amide bonds. The van der Waals surface area contributed by atoms with E-state index in [4.69, 9.17) is 11.6 Å². The Morgan fingerprint density at radius 2 is 1.66 bits per heavy atom. The smallest absolute Gasteiger partial charge is 0.258 e. The van der Waals surface area contributed by atoms with Gasteiger partial charge in [0.1, 0.15) is 5.82 Å². The number of rotatable bonds is 4. The topological polar surface area (TPSA) is 69.7 Å². The summed E-state index contributed by atoms with van der Waals surface area (Å²) in [6, 6.07) is 18.1. The molecule has 3 aromatic rings. The fourth-order valence-electron chi connectivity index (χ4n) is 5.81. The van der Waals surface area contributed by atoms with Gasteiger partial charge in [-0.15, -0.1) is 0 Å². The van der Waals surface area contributed by atoms with Crippen molar-refractivity contribution in [3.05, 3.63) is 99.8 Å². The molecule has 0 aromatic heterocycles. The SMILES string of the molecule is CC(=O)N1CCC2(CC1)c1cc(C(=O)NCc3ccccc3Cl)ccc1N(C(=O)c1ccc(F)cc1)C2C. The highest BCUT2D eigenvalue weighted by Gasteiger charge is 2.52. The van der Waals surface area contributed by atoms with Crippen LogP contribution in [0, 0.1) is 5.82 Å². The standard InChI is InChI=1S/C30H29ClFN3O3/c1-19-30(13-15-34(16-14-30)20(2)36)25-17-22(28(37)33-18-23-5-3-4-6-26(23)31)9-12-27(25)35(19)29(38)21-7-10-24(32)11-8-21/h3-12,17,19H,13-16,18H2,1-2H3,(H,33,37). The number of nitrogens with one attached hydrogen (secondary N) is 1. The van der Waals surface area contributed by atoms with Crippen LogP contribution in [-0.4, -0.2) is 41.8 Å². The fraction of sp³-hybridized carbons (Fsp3) is 0.300. The monoisotopic (exact) mass is 533 g/mol. The summed E-state index contributed by atoms with van der Waals surface area (Å²) in [5.41, 5.74) is 2.95. The maximum atomic E-state index is 13.7. The van der Waals surface area contributed by atoms with Crippen LogP contribution < -0.4 is 10.2 Å². The Morgan fingerprint density at radius 1 is 1.00 bits per heavy atom. The normalized spacial score (nSPS) is 17.8. The molecule has 0 saturated carbocycles. The third-order valence-corrected chi connectivity index (χ3v) is 8.42. The number of halogens is 2. The predicted octanol–water partition coefficient (Wildman–Crippen LogP) is 5.34. The van der Waals surface area contributed by atoms with Crippen LogP contribution in [0.3, 0.4) is 0 Å². The summed E-state index contributed by atoms with van der Waals surface area (Å²) in [4.78, 5) is 42.5. The van der Waals surface area contributed by atoms with E-state index in [-0.39, 0.29) is 23.8 Å². The van der Waals surface area contributed by atoms with Crippen molar-refractivity contribution in [3.63, 3.8) is 0 Å². The lowest BCUT2D eigenvalue weighted by Crippen LogP contribution is -2.52. The van der Waals surface area contributed by atoms with Gasteiger partial charge in [-0.2, -0.15) is 0 Å². The zero-order valence-electron chi connectivity index (χ0n) is 21.3. The molecular weight excluding hydrogens is 505 g/mol. The number of carbonyl (C=O) groups is 3. The van der Waals surface area contributed by atoms with Crippen LogP contribution in [0.15, 0.2) is 66.7 Å². The summed E-state index contributed by atoms with van der Waals surface area (Å²) >= 11 is 6.25. The second-order valence-corrected chi connectivity index (χ2v) is 10.4. The highest BCUT2D eigenvalue weighted by Crippen LogP contribution is 2.52. The van der Waals surface area contributed by atoms with E-state index in [1.165, 1.54) is 24.3 Å². The molecular formula is C30H29ClFN3O3. The lowest BCUT2D eigenvalue weighted by atomic mass is 9.69. The molecule has 8 heteroatoms. The van der Waals surface area contributed by atoms with E-state index in [0.717, 1.165) is 16.8 Å². The van der Waals surface area contributed by atoms with Gasteiger partial charge in [-0.1, -0.05) is 29.8 Å². The molecule has 0 bridgehead atoms. The van der Waals surface area contributed by atoms with Gasteiger partial charge in [-0.25, -0.2) is 4.39 Å². The number of amides is 3. The third-order valence-electron chi connectivity index (χ3n) is 8.05. The first-order chi connectivity index (χ1) is 18.2. The summed E-state index contributed by atoms with van der Waals surface area (Å²) in [6.07, 6.45) is 1.33. The number of likely N-dealkylation sites (tertiary alicyclic amines) is 1. The van der Waals surface area contributed by atoms with Crippen LogP contribution in [0.1, 0.15) is 58.5 Å². The molecule has 0 aliphatic carbocycles. The first-order valence-corrected chi connectivity index (χ1v) is 13.1. The molecule has 1 N–H and O–H groups in total. The number of piperidine rings is 1. The average Bonchev–Trinajstić information content (AvgIpc) is 3.15. The van der Waals surface area contributed by atoms with Crippen molar-refractivity contribution in [2.24, 2.45) is 0 Å². The fourth-order valence-corrected chi connectivity index (χ4v) is 6.01. The Hall–Kier alpha value is -3.71.